The van der Waals surface area contributed by atoms with Crippen molar-refractivity contribution in [2.45, 2.75) is 26.3 Å². The average molecular weight is 274 g/mol. The largest absolute Gasteiger partial charge is 0.491 e. The highest BCUT2D eigenvalue weighted by Gasteiger charge is 2.49. The van der Waals surface area contributed by atoms with E-state index in [2.05, 4.69) is 6.92 Å². The third kappa shape index (κ3) is 2.18. The molecule has 1 aromatic rings. The number of benzene rings is 1. The molecule has 4 heteroatoms. The molecule has 0 spiro atoms. The highest BCUT2D eigenvalue weighted by Crippen LogP contribution is 2.46. The number of carbonyl (C=O) groups is 1. The van der Waals surface area contributed by atoms with Crippen LogP contribution in [0.4, 0.5) is 0 Å². The lowest BCUT2D eigenvalue weighted by Crippen LogP contribution is -2.54. The quantitative estimate of drug-likeness (QED) is 0.894. The van der Waals surface area contributed by atoms with Gasteiger partial charge in [0.25, 0.3) is 0 Å². The van der Waals surface area contributed by atoms with Crippen molar-refractivity contribution < 1.29 is 9.53 Å². The first-order chi connectivity index (χ1) is 9.64. The van der Waals surface area contributed by atoms with Crippen molar-refractivity contribution in [2.75, 3.05) is 19.7 Å². The van der Waals surface area contributed by atoms with Crippen molar-refractivity contribution in [2.24, 2.45) is 17.1 Å². The molecule has 108 valence electrons. The summed E-state index contributed by atoms with van der Waals surface area (Å²) in [6, 6.07) is 7.94. The number of ether oxygens (including phenoxy) is 1. The normalized spacial score (nSPS) is 28.9. The maximum Gasteiger partial charge on any atom is 0.230 e. The van der Waals surface area contributed by atoms with E-state index in [0.29, 0.717) is 32.2 Å². The number of nitrogens with two attached hydrogens (primary N) is 1. The number of para-hydroxylation sites is 1. The number of hydrogen-bond acceptors (Lipinski definition) is 3. The Hall–Kier alpha value is -1.55. The average Bonchev–Trinajstić information content (AvgIpc) is 2.65. The van der Waals surface area contributed by atoms with Crippen molar-refractivity contribution >= 4 is 5.91 Å². The van der Waals surface area contributed by atoms with E-state index in [1.807, 2.05) is 29.2 Å². The van der Waals surface area contributed by atoms with Crippen LogP contribution < -0.4 is 10.5 Å². The van der Waals surface area contributed by atoms with E-state index in [4.69, 9.17) is 10.5 Å². The van der Waals surface area contributed by atoms with Gasteiger partial charge >= 0.3 is 0 Å². The number of rotatable bonds is 2. The number of amides is 1. The molecule has 0 bridgehead atoms. The zero-order valence-electron chi connectivity index (χ0n) is 12.0. The molecule has 0 atom stereocenters. The first-order valence-electron chi connectivity index (χ1n) is 7.35. The second-order valence-electron chi connectivity index (χ2n) is 6.18. The summed E-state index contributed by atoms with van der Waals surface area (Å²) in [6.45, 7) is 4.46. The molecule has 0 saturated heterocycles. The molecule has 0 aromatic heterocycles. The molecule has 1 amide bonds. The Bertz CT molecular complexity index is 509. The van der Waals surface area contributed by atoms with Crippen LogP contribution in [0.15, 0.2) is 24.3 Å². The molecule has 4 nitrogen and oxygen atoms in total. The number of carbonyl (C=O) groups excluding carboxylic acids is 1. The Kier molecular flexibility index (Phi) is 3.42. The van der Waals surface area contributed by atoms with Crippen LogP contribution in [0.25, 0.3) is 0 Å². The summed E-state index contributed by atoms with van der Waals surface area (Å²) in [5.74, 6) is 1.71. The third-order valence-corrected chi connectivity index (χ3v) is 4.56. The van der Waals surface area contributed by atoms with Crippen LogP contribution in [0.2, 0.25) is 0 Å². The highest BCUT2D eigenvalue weighted by atomic mass is 16.5. The third-order valence-electron chi connectivity index (χ3n) is 4.56. The lowest BCUT2D eigenvalue weighted by molar-refractivity contribution is -0.150. The van der Waals surface area contributed by atoms with Gasteiger partial charge in [-0.25, -0.2) is 0 Å². The zero-order valence-corrected chi connectivity index (χ0v) is 12.0. The summed E-state index contributed by atoms with van der Waals surface area (Å²) in [7, 11) is 0. The van der Waals surface area contributed by atoms with Crippen LogP contribution in [0.1, 0.15) is 25.3 Å². The summed E-state index contributed by atoms with van der Waals surface area (Å²) >= 11 is 0. The number of fused-ring (bicyclic) bond motifs is 1. The maximum absolute atomic E-state index is 12.8. The molecule has 0 unspecified atom stereocenters. The zero-order chi connectivity index (χ0) is 14.2. The van der Waals surface area contributed by atoms with Gasteiger partial charge in [-0.05, 0) is 24.8 Å². The van der Waals surface area contributed by atoms with Gasteiger partial charge in [0, 0.05) is 18.7 Å². The summed E-state index contributed by atoms with van der Waals surface area (Å²) in [6.07, 6.45) is 1.84. The molecular formula is C16H22N2O2. The van der Waals surface area contributed by atoms with Crippen LogP contribution in [-0.4, -0.2) is 30.5 Å². The lowest BCUT2D eigenvalue weighted by Gasteiger charge is -2.46. The fourth-order valence-corrected chi connectivity index (χ4v) is 3.54. The molecular weight excluding hydrogens is 252 g/mol. The van der Waals surface area contributed by atoms with Crippen molar-refractivity contribution in [3.8, 4) is 5.75 Å². The molecule has 3 rings (SSSR count). The van der Waals surface area contributed by atoms with Crippen LogP contribution >= 0.6 is 0 Å². The van der Waals surface area contributed by atoms with E-state index in [9.17, 15) is 4.79 Å². The topological polar surface area (TPSA) is 55.6 Å². The minimum absolute atomic E-state index is 0.207. The van der Waals surface area contributed by atoms with Crippen LogP contribution in [0.3, 0.4) is 0 Å². The van der Waals surface area contributed by atoms with E-state index < -0.39 is 0 Å². The van der Waals surface area contributed by atoms with Crippen molar-refractivity contribution in [1.82, 2.24) is 4.90 Å². The van der Waals surface area contributed by atoms with Gasteiger partial charge in [0.1, 0.15) is 12.4 Å². The van der Waals surface area contributed by atoms with E-state index in [0.717, 1.165) is 24.2 Å². The molecule has 20 heavy (non-hydrogen) atoms. The maximum atomic E-state index is 12.8. The smallest absolute Gasteiger partial charge is 0.230 e. The van der Waals surface area contributed by atoms with Gasteiger partial charge in [-0.1, -0.05) is 25.1 Å². The fourth-order valence-electron chi connectivity index (χ4n) is 3.54. The molecule has 2 N–H and O–H groups in total. The molecule has 1 fully saturated rings. The Labute approximate surface area is 119 Å². The van der Waals surface area contributed by atoms with Crippen LogP contribution in [0, 0.1) is 11.3 Å². The van der Waals surface area contributed by atoms with Gasteiger partial charge in [-0.2, -0.15) is 0 Å². The Morgan fingerprint density at radius 3 is 2.90 bits per heavy atom. The van der Waals surface area contributed by atoms with E-state index in [-0.39, 0.29) is 11.3 Å². The molecule has 1 aliphatic heterocycles. The minimum atomic E-state index is -0.321. The molecule has 1 heterocycles. The van der Waals surface area contributed by atoms with E-state index in [1.165, 1.54) is 0 Å². The Morgan fingerprint density at radius 2 is 2.20 bits per heavy atom. The molecule has 0 radical (unpaired) electrons. The van der Waals surface area contributed by atoms with E-state index in [1.54, 1.807) is 0 Å². The molecule has 1 saturated carbocycles. The SMILES string of the molecule is CC1CC(CN)(C(=O)N2CCOc3ccccc3C2)C1. The number of nitrogens with zero attached hydrogens (tertiary/aromatic N) is 1. The van der Waals surface area contributed by atoms with Crippen LogP contribution in [-0.2, 0) is 11.3 Å². The molecule has 1 aliphatic carbocycles. The Balaban J connectivity index is 1.79. The molecule has 2 aliphatic rings. The predicted molar refractivity (Wildman–Crippen MR) is 77.2 cm³/mol. The van der Waals surface area contributed by atoms with Crippen molar-refractivity contribution in [3.05, 3.63) is 29.8 Å². The van der Waals surface area contributed by atoms with Gasteiger partial charge in [0.15, 0.2) is 0 Å². The number of hydrogen-bond donors (Lipinski definition) is 1. The van der Waals surface area contributed by atoms with Crippen molar-refractivity contribution in [3.63, 3.8) is 0 Å². The molecule has 1 aromatic carbocycles. The highest BCUT2D eigenvalue weighted by molar-refractivity contribution is 5.84. The van der Waals surface area contributed by atoms with E-state index >= 15 is 0 Å². The fraction of sp³-hybridized carbons (Fsp3) is 0.562. The van der Waals surface area contributed by atoms with Crippen molar-refractivity contribution in [1.29, 1.82) is 0 Å². The standard InChI is InChI=1S/C16H22N2O2/c1-12-8-16(9-12,11-17)15(19)18-6-7-20-14-5-3-2-4-13(14)10-18/h2-5,12H,6-11,17H2,1H3. The van der Waals surface area contributed by atoms with Gasteiger partial charge in [-0.15, -0.1) is 0 Å². The first-order valence-corrected chi connectivity index (χ1v) is 7.35. The monoisotopic (exact) mass is 274 g/mol. The predicted octanol–water partition coefficient (Wildman–Crippen LogP) is 1.78. The van der Waals surface area contributed by atoms with Crippen LogP contribution in [0.5, 0.6) is 5.75 Å². The second-order valence-corrected chi connectivity index (χ2v) is 6.18. The summed E-state index contributed by atoms with van der Waals surface area (Å²) in [4.78, 5) is 14.8. The van der Waals surface area contributed by atoms with Gasteiger partial charge in [0.2, 0.25) is 5.91 Å². The first kappa shape index (κ1) is 13.4. The lowest BCUT2D eigenvalue weighted by atomic mass is 9.62. The Morgan fingerprint density at radius 1 is 1.45 bits per heavy atom. The van der Waals surface area contributed by atoms with Gasteiger partial charge < -0.3 is 15.4 Å². The summed E-state index contributed by atoms with van der Waals surface area (Å²) in [5.41, 5.74) is 6.65. The minimum Gasteiger partial charge on any atom is -0.491 e. The van der Waals surface area contributed by atoms with Gasteiger partial charge in [-0.3, -0.25) is 4.79 Å². The summed E-state index contributed by atoms with van der Waals surface area (Å²) < 4.78 is 5.72. The van der Waals surface area contributed by atoms with Gasteiger partial charge in [0.05, 0.1) is 12.0 Å². The summed E-state index contributed by atoms with van der Waals surface area (Å²) in [5, 5.41) is 0. The second kappa shape index (κ2) is 5.09.